The molecule has 1 aliphatic carbocycles. The topological polar surface area (TPSA) is 64.3 Å². The van der Waals surface area contributed by atoms with Crippen molar-refractivity contribution in [3.63, 3.8) is 0 Å². The van der Waals surface area contributed by atoms with Crippen LogP contribution in [-0.2, 0) is 9.53 Å². The molecule has 0 aromatic carbocycles. The van der Waals surface area contributed by atoms with Gasteiger partial charge >= 0.3 is 0 Å². The van der Waals surface area contributed by atoms with E-state index in [9.17, 15) is 4.79 Å². The van der Waals surface area contributed by atoms with Crippen LogP contribution in [0.15, 0.2) is 0 Å². The normalized spacial score (nSPS) is 29.3. The minimum atomic E-state index is -0.445. The second-order valence-corrected chi connectivity index (χ2v) is 6.72. The van der Waals surface area contributed by atoms with E-state index in [4.69, 9.17) is 10.5 Å². The quantitative estimate of drug-likeness (QED) is 0.778. The fourth-order valence-corrected chi connectivity index (χ4v) is 2.64. The lowest BCUT2D eigenvalue weighted by Gasteiger charge is -2.33. The molecule has 0 saturated heterocycles. The molecule has 4 nitrogen and oxygen atoms in total. The highest BCUT2D eigenvalue weighted by Crippen LogP contribution is 2.37. The van der Waals surface area contributed by atoms with Crippen molar-refractivity contribution < 1.29 is 9.53 Å². The van der Waals surface area contributed by atoms with Gasteiger partial charge in [0.15, 0.2) is 0 Å². The zero-order valence-electron chi connectivity index (χ0n) is 13.1. The Bertz CT molecular complexity index is 317. The van der Waals surface area contributed by atoms with Crippen molar-refractivity contribution >= 4 is 5.91 Å². The highest BCUT2D eigenvalue weighted by atomic mass is 16.5. The van der Waals surface area contributed by atoms with E-state index in [0.29, 0.717) is 12.5 Å². The van der Waals surface area contributed by atoms with Gasteiger partial charge in [0.25, 0.3) is 0 Å². The lowest BCUT2D eigenvalue weighted by molar-refractivity contribution is -0.146. The smallest absolute Gasteiger partial charge is 0.249 e. The van der Waals surface area contributed by atoms with E-state index in [2.05, 4.69) is 19.2 Å². The van der Waals surface area contributed by atoms with Crippen molar-refractivity contribution in [1.29, 1.82) is 0 Å². The van der Waals surface area contributed by atoms with Crippen LogP contribution in [0, 0.1) is 5.92 Å². The van der Waals surface area contributed by atoms with E-state index in [1.165, 1.54) is 0 Å². The Balaban J connectivity index is 2.58. The number of nitrogens with one attached hydrogen (secondary N) is 1. The molecular weight excluding hydrogens is 240 g/mol. The van der Waals surface area contributed by atoms with Crippen LogP contribution in [0.25, 0.3) is 0 Å². The lowest BCUT2D eigenvalue weighted by Crippen LogP contribution is -2.50. The van der Waals surface area contributed by atoms with E-state index in [0.717, 1.165) is 25.7 Å². The first-order valence-electron chi connectivity index (χ1n) is 7.43. The molecule has 0 aliphatic heterocycles. The van der Waals surface area contributed by atoms with Gasteiger partial charge in [-0.15, -0.1) is 0 Å². The summed E-state index contributed by atoms with van der Waals surface area (Å²) in [5.74, 6) is 0.588. The van der Waals surface area contributed by atoms with E-state index in [-0.39, 0.29) is 17.0 Å². The Labute approximate surface area is 117 Å². The Kier molecular flexibility index (Phi) is 5.39. The summed E-state index contributed by atoms with van der Waals surface area (Å²) in [5.41, 5.74) is 5.39. The Morgan fingerprint density at radius 1 is 1.58 bits per heavy atom. The minimum Gasteiger partial charge on any atom is -0.361 e. The predicted molar refractivity (Wildman–Crippen MR) is 77.9 cm³/mol. The summed E-state index contributed by atoms with van der Waals surface area (Å²) in [6.07, 6.45) is 3.49. The molecule has 112 valence electrons. The maximum atomic E-state index is 12.2. The van der Waals surface area contributed by atoms with Crippen LogP contribution in [0.1, 0.15) is 60.3 Å². The van der Waals surface area contributed by atoms with E-state index in [1.807, 2.05) is 20.8 Å². The number of ether oxygens (including phenoxy) is 1. The molecular formula is C15H30N2O2. The molecule has 0 heterocycles. The SMILES string of the molecule is CCC(C)(C)NC(=O)C(C)OC1(CN)CCC(C)C1. The second-order valence-electron chi connectivity index (χ2n) is 6.72. The van der Waals surface area contributed by atoms with Crippen LogP contribution in [0.2, 0.25) is 0 Å². The van der Waals surface area contributed by atoms with Gasteiger partial charge in [-0.3, -0.25) is 4.79 Å². The van der Waals surface area contributed by atoms with Gasteiger partial charge in [-0.2, -0.15) is 0 Å². The van der Waals surface area contributed by atoms with Crippen LogP contribution in [0.3, 0.4) is 0 Å². The molecule has 19 heavy (non-hydrogen) atoms. The Morgan fingerprint density at radius 2 is 2.21 bits per heavy atom. The van der Waals surface area contributed by atoms with Crippen molar-refractivity contribution in [2.75, 3.05) is 6.54 Å². The zero-order valence-corrected chi connectivity index (χ0v) is 13.1. The zero-order chi connectivity index (χ0) is 14.7. The van der Waals surface area contributed by atoms with E-state index >= 15 is 0 Å². The number of rotatable bonds is 6. The van der Waals surface area contributed by atoms with Crippen molar-refractivity contribution in [3.8, 4) is 0 Å². The second kappa shape index (κ2) is 6.23. The molecule has 0 spiro atoms. The third-order valence-electron chi connectivity index (χ3n) is 4.33. The molecule has 0 aromatic rings. The summed E-state index contributed by atoms with van der Waals surface area (Å²) in [5, 5.41) is 3.03. The van der Waals surface area contributed by atoms with Gasteiger partial charge in [-0.1, -0.05) is 13.8 Å². The summed E-state index contributed by atoms with van der Waals surface area (Å²) in [6.45, 7) is 10.6. The van der Waals surface area contributed by atoms with Crippen molar-refractivity contribution in [2.45, 2.75) is 77.5 Å². The van der Waals surface area contributed by atoms with Crippen molar-refractivity contribution in [2.24, 2.45) is 11.7 Å². The molecule has 1 aliphatic rings. The highest BCUT2D eigenvalue weighted by molar-refractivity contribution is 5.81. The van der Waals surface area contributed by atoms with Gasteiger partial charge in [-0.05, 0) is 52.4 Å². The molecule has 1 saturated carbocycles. The number of hydrogen-bond donors (Lipinski definition) is 2. The standard InChI is InChI=1S/C15H30N2O2/c1-6-14(4,5)17-13(18)12(3)19-15(10-16)8-7-11(2)9-15/h11-12H,6-10,16H2,1-5H3,(H,17,18). The molecule has 4 heteroatoms. The number of nitrogens with two attached hydrogens (primary N) is 1. The average Bonchev–Trinajstić information content (AvgIpc) is 2.71. The summed E-state index contributed by atoms with van der Waals surface area (Å²) in [6, 6.07) is 0. The monoisotopic (exact) mass is 270 g/mol. The molecule has 3 unspecified atom stereocenters. The molecule has 0 bridgehead atoms. The molecule has 0 radical (unpaired) electrons. The third-order valence-corrected chi connectivity index (χ3v) is 4.33. The number of carbonyl (C=O) groups excluding carboxylic acids is 1. The summed E-state index contributed by atoms with van der Waals surface area (Å²) >= 11 is 0. The maximum absolute atomic E-state index is 12.2. The van der Waals surface area contributed by atoms with E-state index < -0.39 is 6.10 Å². The molecule has 3 atom stereocenters. The van der Waals surface area contributed by atoms with Gasteiger partial charge in [-0.25, -0.2) is 0 Å². The Hall–Kier alpha value is -0.610. The Morgan fingerprint density at radius 3 is 2.63 bits per heavy atom. The first kappa shape index (κ1) is 16.4. The van der Waals surface area contributed by atoms with Crippen molar-refractivity contribution in [1.82, 2.24) is 5.32 Å². The summed E-state index contributed by atoms with van der Waals surface area (Å²) < 4.78 is 6.03. The fourth-order valence-electron chi connectivity index (χ4n) is 2.64. The first-order chi connectivity index (χ1) is 8.73. The number of carbonyl (C=O) groups is 1. The van der Waals surface area contributed by atoms with Crippen LogP contribution in [-0.4, -0.2) is 29.7 Å². The van der Waals surface area contributed by atoms with E-state index in [1.54, 1.807) is 0 Å². The van der Waals surface area contributed by atoms with Gasteiger partial charge in [0.2, 0.25) is 5.91 Å². The predicted octanol–water partition coefficient (Wildman–Crippen LogP) is 2.21. The largest absolute Gasteiger partial charge is 0.361 e. The molecule has 1 amide bonds. The third kappa shape index (κ3) is 4.46. The molecule has 1 fully saturated rings. The average molecular weight is 270 g/mol. The van der Waals surface area contributed by atoms with Gasteiger partial charge in [0.05, 0.1) is 5.60 Å². The minimum absolute atomic E-state index is 0.0424. The number of hydrogen-bond acceptors (Lipinski definition) is 3. The van der Waals surface area contributed by atoms with Crippen molar-refractivity contribution in [3.05, 3.63) is 0 Å². The van der Waals surface area contributed by atoms with Crippen LogP contribution >= 0.6 is 0 Å². The summed E-state index contributed by atoms with van der Waals surface area (Å²) in [7, 11) is 0. The number of amides is 1. The van der Waals surface area contributed by atoms with Gasteiger partial charge < -0.3 is 15.8 Å². The molecule has 0 aromatic heterocycles. The highest BCUT2D eigenvalue weighted by Gasteiger charge is 2.40. The first-order valence-corrected chi connectivity index (χ1v) is 7.43. The van der Waals surface area contributed by atoms with Crippen LogP contribution < -0.4 is 11.1 Å². The van der Waals surface area contributed by atoms with Gasteiger partial charge in [0, 0.05) is 12.1 Å². The van der Waals surface area contributed by atoms with Crippen LogP contribution in [0.5, 0.6) is 0 Å². The fraction of sp³-hybridized carbons (Fsp3) is 0.933. The van der Waals surface area contributed by atoms with Gasteiger partial charge in [0.1, 0.15) is 6.10 Å². The molecule has 3 N–H and O–H groups in total. The lowest BCUT2D eigenvalue weighted by atomic mass is 9.99. The van der Waals surface area contributed by atoms with Crippen LogP contribution in [0.4, 0.5) is 0 Å². The molecule has 1 rings (SSSR count). The maximum Gasteiger partial charge on any atom is 0.249 e. The summed E-state index contributed by atoms with van der Waals surface area (Å²) in [4.78, 5) is 12.2.